The van der Waals surface area contributed by atoms with Gasteiger partial charge in [-0.25, -0.2) is 4.79 Å². The lowest BCUT2D eigenvalue weighted by atomic mass is 9.79. The number of hydrogen-bond donors (Lipinski definition) is 1. The van der Waals surface area contributed by atoms with Crippen LogP contribution in [0.25, 0.3) is 0 Å². The fourth-order valence-corrected chi connectivity index (χ4v) is 3.67. The van der Waals surface area contributed by atoms with E-state index in [0.29, 0.717) is 24.8 Å². The molecule has 5 unspecified atom stereocenters. The summed E-state index contributed by atoms with van der Waals surface area (Å²) in [6.45, 7) is 10.1. The first-order valence-electron chi connectivity index (χ1n) is 8.76. The molecule has 1 N–H and O–H groups in total. The van der Waals surface area contributed by atoms with Gasteiger partial charge in [-0.2, -0.15) is 0 Å². The number of carbonyl (C=O) groups is 4. The van der Waals surface area contributed by atoms with Gasteiger partial charge in [0.25, 0.3) is 0 Å². The van der Waals surface area contributed by atoms with Crippen LogP contribution in [0.5, 0.6) is 0 Å². The summed E-state index contributed by atoms with van der Waals surface area (Å²) in [6, 6.07) is 0. The first kappa shape index (κ1) is 20.7. The summed E-state index contributed by atoms with van der Waals surface area (Å²) in [7, 11) is 0. The fraction of sp³-hybridized carbons (Fsp3) is 0.579. The van der Waals surface area contributed by atoms with Gasteiger partial charge >= 0.3 is 23.9 Å². The molecule has 2 aliphatic rings. The zero-order chi connectivity index (χ0) is 20.3. The smallest absolute Gasteiger partial charge is 0.334 e. The number of rotatable bonds is 3. The van der Waals surface area contributed by atoms with Gasteiger partial charge in [-0.1, -0.05) is 13.2 Å². The molecule has 27 heavy (non-hydrogen) atoms. The average Bonchev–Trinajstić information content (AvgIpc) is 2.83. The van der Waals surface area contributed by atoms with Crippen molar-refractivity contribution in [2.45, 2.75) is 57.8 Å². The quantitative estimate of drug-likeness (QED) is 0.341. The molecular weight excluding hydrogens is 356 g/mol. The second-order valence-electron chi connectivity index (χ2n) is 6.92. The van der Waals surface area contributed by atoms with Crippen LogP contribution in [0.4, 0.5) is 0 Å². The van der Waals surface area contributed by atoms with E-state index in [-0.39, 0.29) is 12.0 Å². The molecule has 0 aromatic heterocycles. The van der Waals surface area contributed by atoms with E-state index in [9.17, 15) is 24.3 Å². The van der Waals surface area contributed by atoms with Crippen LogP contribution in [0.2, 0.25) is 0 Å². The molecular formula is C19H24O8. The topological polar surface area (TPSA) is 116 Å². The second-order valence-corrected chi connectivity index (χ2v) is 6.92. The van der Waals surface area contributed by atoms with Crippen molar-refractivity contribution >= 4 is 23.9 Å². The van der Waals surface area contributed by atoms with Crippen LogP contribution in [0.1, 0.15) is 39.5 Å². The van der Waals surface area contributed by atoms with Gasteiger partial charge in [-0.3, -0.25) is 14.4 Å². The van der Waals surface area contributed by atoms with Crippen LogP contribution >= 0.6 is 0 Å². The van der Waals surface area contributed by atoms with Crippen LogP contribution in [0.15, 0.2) is 24.3 Å². The van der Waals surface area contributed by atoms with E-state index in [1.807, 2.05) is 0 Å². The van der Waals surface area contributed by atoms with Gasteiger partial charge in [0.05, 0.1) is 11.8 Å². The third-order valence-electron chi connectivity index (χ3n) is 4.89. The molecule has 5 atom stereocenters. The standard InChI is InChI=1S/C19H24O8/c1-9-6-5-7-13(18(22)23)8-14-15(10(2)19(24)27-14)17(26-12(4)21)16(9)25-11(3)20/h13-17H,1-2,5-8H2,3-4H3,(H,22,23). The molecule has 8 nitrogen and oxygen atoms in total. The Morgan fingerprint density at radius 3 is 2.33 bits per heavy atom. The summed E-state index contributed by atoms with van der Waals surface area (Å²) < 4.78 is 16.1. The molecule has 1 aliphatic heterocycles. The summed E-state index contributed by atoms with van der Waals surface area (Å²) in [4.78, 5) is 47.0. The lowest BCUT2D eigenvalue weighted by molar-refractivity contribution is -0.168. The number of fused-ring (bicyclic) bond motifs is 1. The van der Waals surface area contributed by atoms with Crippen molar-refractivity contribution in [2.75, 3.05) is 0 Å². The van der Waals surface area contributed by atoms with Gasteiger partial charge < -0.3 is 19.3 Å². The number of hydrogen-bond acceptors (Lipinski definition) is 7. The molecule has 1 heterocycles. The third kappa shape index (κ3) is 4.75. The van der Waals surface area contributed by atoms with Gasteiger partial charge in [-0.05, 0) is 31.3 Å². The highest BCUT2D eigenvalue weighted by Crippen LogP contribution is 2.40. The predicted molar refractivity (Wildman–Crippen MR) is 92.4 cm³/mol. The first-order valence-corrected chi connectivity index (χ1v) is 8.76. The molecule has 0 radical (unpaired) electrons. The predicted octanol–water partition coefficient (Wildman–Crippen LogP) is 1.78. The molecule has 1 aliphatic carbocycles. The second kappa shape index (κ2) is 8.37. The van der Waals surface area contributed by atoms with Crippen LogP contribution in [-0.4, -0.2) is 47.3 Å². The summed E-state index contributed by atoms with van der Waals surface area (Å²) in [5.41, 5.74) is 0.536. The number of carbonyl (C=O) groups excluding carboxylic acids is 3. The van der Waals surface area contributed by atoms with E-state index < -0.39 is 54.0 Å². The minimum absolute atomic E-state index is 0.0564. The average molecular weight is 380 g/mol. The summed E-state index contributed by atoms with van der Waals surface area (Å²) >= 11 is 0. The van der Waals surface area contributed by atoms with E-state index in [1.165, 1.54) is 13.8 Å². The Labute approximate surface area is 157 Å². The van der Waals surface area contributed by atoms with Gasteiger partial charge in [0, 0.05) is 19.4 Å². The van der Waals surface area contributed by atoms with E-state index >= 15 is 0 Å². The molecule has 0 aromatic rings. The Bertz CT molecular complexity index is 679. The highest BCUT2D eigenvalue weighted by Gasteiger charge is 2.50. The number of carboxylic acids is 1. The van der Waals surface area contributed by atoms with Crippen LogP contribution in [0, 0.1) is 11.8 Å². The summed E-state index contributed by atoms with van der Waals surface area (Å²) in [5.74, 6) is -4.46. The molecule has 1 saturated carbocycles. The zero-order valence-electron chi connectivity index (χ0n) is 15.4. The third-order valence-corrected chi connectivity index (χ3v) is 4.89. The summed E-state index contributed by atoms with van der Waals surface area (Å²) in [5, 5.41) is 9.48. The first-order chi connectivity index (χ1) is 12.6. The molecule has 0 amide bonds. The Morgan fingerprint density at radius 2 is 1.78 bits per heavy atom. The van der Waals surface area contributed by atoms with Crippen molar-refractivity contribution in [1.82, 2.24) is 0 Å². The van der Waals surface area contributed by atoms with Gasteiger partial charge in [0.1, 0.15) is 6.10 Å². The van der Waals surface area contributed by atoms with Crippen molar-refractivity contribution in [3.05, 3.63) is 24.3 Å². The van der Waals surface area contributed by atoms with Crippen LogP contribution in [-0.2, 0) is 33.4 Å². The molecule has 1 saturated heterocycles. The summed E-state index contributed by atoms with van der Waals surface area (Å²) in [6.07, 6.45) is -1.61. The van der Waals surface area contributed by atoms with Gasteiger partial charge in [0.15, 0.2) is 12.2 Å². The number of aliphatic carboxylic acids is 1. The lowest BCUT2D eigenvalue weighted by Gasteiger charge is -2.35. The van der Waals surface area contributed by atoms with E-state index in [2.05, 4.69) is 13.2 Å². The van der Waals surface area contributed by atoms with E-state index in [0.717, 1.165) is 0 Å². The molecule has 0 spiro atoms. The minimum atomic E-state index is -1.07. The number of esters is 3. The molecule has 8 heteroatoms. The SMILES string of the molecule is C=C1CCCC(C(=O)O)CC2OC(=O)C(=C)C2C(OC(C)=O)C1OC(C)=O. The number of carboxylic acid groups (broad SMARTS) is 1. The maximum atomic E-state index is 12.1. The molecule has 0 aromatic carbocycles. The molecule has 148 valence electrons. The zero-order valence-corrected chi connectivity index (χ0v) is 15.4. The van der Waals surface area contributed by atoms with Crippen molar-refractivity contribution < 1.29 is 38.5 Å². The van der Waals surface area contributed by atoms with Crippen LogP contribution < -0.4 is 0 Å². The largest absolute Gasteiger partial charge is 0.481 e. The highest BCUT2D eigenvalue weighted by molar-refractivity contribution is 5.91. The normalized spacial score (nSPS) is 31.5. The van der Waals surface area contributed by atoms with Crippen molar-refractivity contribution in [3.63, 3.8) is 0 Å². The Kier molecular flexibility index (Phi) is 6.41. The number of ether oxygens (including phenoxy) is 3. The monoisotopic (exact) mass is 380 g/mol. The van der Waals surface area contributed by atoms with E-state index in [4.69, 9.17) is 14.2 Å². The Balaban J connectivity index is 2.50. The van der Waals surface area contributed by atoms with Crippen molar-refractivity contribution in [3.8, 4) is 0 Å². The molecule has 2 fully saturated rings. The van der Waals surface area contributed by atoms with E-state index in [1.54, 1.807) is 0 Å². The fourth-order valence-electron chi connectivity index (χ4n) is 3.67. The van der Waals surface area contributed by atoms with Crippen LogP contribution in [0.3, 0.4) is 0 Å². The lowest BCUT2D eigenvalue weighted by Crippen LogP contribution is -2.45. The Hall–Kier alpha value is -2.64. The van der Waals surface area contributed by atoms with Gasteiger partial charge in [0.2, 0.25) is 0 Å². The maximum absolute atomic E-state index is 12.1. The van der Waals surface area contributed by atoms with Crippen molar-refractivity contribution in [1.29, 1.82) is 0 Å². The minimum Gasteiger partial charge on any atom is -0.481 e. The maximum Gasteiger partial charge on any atom is 0.334 e. The highest BCUT2D eigenvalue weighted by atomic mass is 16.6. The Morgan fingerprint density at radius 1 is 1.15 bits per heavy atom. The molecule has 2 rings (SSSR count). The van der Waals surface area contributed by atoms with Crippen molar-refractivity contribution in [2.24, 2.45) is 11.8 Å². The molecule has 0 bridgehead atoms. The van der Waals surface area contributed by atoms with Gasteiger partial charge in [-0.15, -0.1) is 0 Å².